The van der Waals surface area contributed by atoms with Crippen molar-refractivity contribution < 1.29 is 12.9 Å². The lowest BCUT2D eigenvalue weighted by Gasteiger charge is -1.99. The van der Waals surface area contributed by atoms with Gasteiger partial charge in [0.15, 0.2) is 0 Å². The maximum atomic E-state index is 11.4. The molecule has 0 radical (unpaired) electrons. The van der Waals surface area contributed by atoms with Crippen LogP contribution < -0.4 is 5.14 Å². The molecule has 0 aliphatic rings. The van der Waals surface area contributed by atoms with E-state index < -0.39 is 10.0 Å². The summed E-state index contributed by atoms with van der Waals surface area (Å²) in [4.78, 5) is 4.12. The van der Waals surface area contributed by atoms with Gasteiger partial charge in [0.05, 0.1) is 4.90 Å². The molecule has 2 aromatic rings. The Kier molecular flexibility index (Phi) is 5.21. The van der Waals surface area contributed by atoms with E-state index in [1.54, 1.807) is 22.3 Å². The van der Waals surface area contributed by atoms with Crippen LogP contribution in [-0.4, -0.2) is 24.8 Å². The van der Waals surface area contributed by atoms with Crippen LogP contribution in [-0.2, 0) is 10.0 Å². The molecule has 3 N–H and O–H groups in total. The largest absolute Gasteiger partial charge is 0.334 e. The lowest BCUT2D eigenvalue weighted by Crippen LogP contribution is -2.11. The predicted octanol–water partition coefficient (Wildman–Crippen LogP) is 2.37. The first-order valence-corrected chi connectivity index (χ1v) is 8.69. The number of aromatic nitrogens is 2. The van der Waals surface area contributed by atoms with E-state index in [0.29, 0.717) is 11.1 Å². The topological polar surface area (TPSA) is 123 Å². The van der Waals surface area contributed by atoms with E-state index in [0.717, 1.165) is 6.21 Å². The summed E-state index contributed by atoms with van der Waals surface area (Å²) in [7, 11) is -3.81. The van der Waals surface area contributed by atoms with Crippen molar-refractivity contribution in [2.75, 3.05) is 0 Å². The Balaban J connectivity index is 2.42. The summed E-state index contributed by atoms with van der Waals surface area (Å²) in [6.45, 7) is 0. The minimum atomic E-state index is -3.81. The van der Waals surface area contributed by atoms with Crippen molar-refractivity contribution in [1.82, 2.24) is 10.1 Å². The molecule has 1 heterocycles. The van der Waals surface area contributed by atoms with Gasteiger partial charge in [0.1, 0.15) is 0 Å². The van der Waals surface area contributed by atoms with Crippen LogP contribution in [0.2, 0.25) is 0 Å². The number of hydrogen-bond acceptors (Lipinski definition) is 6. The molecule has 1 aromatic carbocycles. The second kappa shape index (κ2) is 6.94. The summed E-state index contributed by atoms with van der Waals surface area (Å²) in [6, 6.07) is 5.89. The SMILES string of the molecule is N=C/C(=C\C=C\I)c1noc(-c2cccc(S(N)(=O)=O)c2)n1. The Morgan fingerprint density at radius 3 is 2.82 bits per heavy atom. The summed E-state index contributed by atoms with van der Waals surface area (Å²) in [5.74, 6) is 0.382. The first-order chi connectivity index (χ1) is 10.5. The number of rotatable bonds is 5. The maximum Gasteiger partial charge on any atom is 0.258 e. The number of primary sulfonamides is 1. The van der Waals surface area contributed by atoms with Crippen LogP contribution in [0.1, 0.15) is 5.82 Å². The van der Waals surface area contributed by atoms with E-state index in [-0.39, 0.29) is 16.6 Å². The van der Waals surface area contributed by atoms with Crippen molar-refractivity contribution in [2.45, 2.75) is 4.90 Å². The third kappa shape index (κ3) is 3.87. The van der Waals surface area contributed by atoms with E-state index >= 15 is 0 Å². The second-order valence-corrected chi connectivity index (χ2v) is 6.36. The number of benzene rings is 1. The Bertz CT molecular complexity index is 856. The highest BCUT2D eigenvalue weighted by molar-refractivity contribution is 14.1. The molecule has 114 valence electrons. The predicted molar refractivity (Wildman–Crippen MR) is 91.0 cm³/mol. The van der Waals surface area contributed by atoms with Gasteiger partial charge in [0.2, 0.25) is 15.8 Å². The number of nitrogens with two attached hydrogens (primary N) is 1. The van der Waals surface area contributed by atoms with Crippen LogP contribution >= 0.6 is 22.6 Å². The van der Waals surface area contributed by atoms with Crippen LogP contribution in [0.4, 0.5) is 0 Å². The van der Waals surface area contributed by atoms with Gasteiger partial charge in [-0.15, -0.1) is 0 Å². The van der Waals surface area contributed by atoms with E-state index in [2.05, 4.69) is 10.1 Å². The van der Waals surface area contributed by atoms with Crippen LogP contribution in [0, 0.1) is 5.41 Å². The molecule has 0 aliphatic carbocycles. The number of sulfonamides is 1. The van der Waals surface area contributed by atoms with Gasteiger partial charge in [0.25, 0.3) is 5.89 Å². The third-order valence-corrected chi connectivity index (χ3v) is 3.92. The molecule has 2 rings (SSSR count). The molecule has 1 aromatic heterocycles. The zero-order valence-electron chi connectivity index (χ0n) is 11.1. The Morgan fingerprint density at radius 2 is 2.18 bits per heavy atom. The quantitative estimate of drug-likeness (QED) is 0.428. The Morgan fingerprint density at radius 1 is 1.41 bits per heavy atom. The van der Waals surface area contributed by atoms with Gasteiger partial charge in [-0.25, -0.2) is 13.6 Å². The first kappa shape index (κ1) is 16.5. The average molecular weight is 430 g/mol. The van der Waals surface area contributed by atoms with Crippen molar-refractivity contribution >= 4 is 44.4 Å². The van der Waals surface area contributed by atoms with Crippen molar-refractivity contribution in [1.29, 1.82) is 5.41 Å². The van der Waals surface area contributed by atoms with Crippen molar-refractivity contribution in [3.05, 3.63) is 46.3 Å². The highest BCUT2D eigenvalue weighted by Gasteiger charge is 2.14. The minimum absolute atomic E-state index is 0.0413. The highest BCUT2D eigenvalue weighted by Crippen LogP contribution is 2.22. The second-order valence-electron chi connectivity index (χ2n) is 4.08. The highest BCUT2D eigenvalue weighted by atomic mass is 127. The molecule has 22 heavy (non-hydrogen) atoms. The molecule has 0 saturated carbocycles. The number of nitrogens with one attached hydrogen (secondary N) is 1. The smallest absolute Gasteiger partial charge is 0.258 e. The van der Waals surface area contributed by atoms with Gasteiger partial charge < -0.3 is 9.93 Å². The third-order valence-electron chi connectivity index (χ3n) is 2.60. The fraction of sp³-hybridized carbons (Fsp3) is 0. The van der Waals surface area contributed by atoms with Crippen molar-refractivity contribution in [3.8, 4) is 11.5 Å². The maximum absolute atomic E-state index is 11.4. The number of halogens is 1. The van der Waals surface area contributed by atoms with E-state index in [1.807, 2.05) is 22.6 Å². The number of hydrogen-bond donors (Lipinski definition) is 2. The van der Waals surface area contributed by atoms with Gasteiger partial charge in [-0.1, -0.05) is 39.9 Å². The molecule has 0 bridgehead atoms. The summed E-state index contributed by atoms with van der Waals surface area (Å²) < 4.78 is 29.6. The molecule has 0 fully saturated rings. The lowest BCUT2D eigenvalue weighted by atomic mass is 10.2. The zero-order chi connectivity index (χ0) is 16.2. The lowest BCUT2D eigenvalue weighted by molar-refractivity contribution is 0.428. The van der Waals surface area contributed by atoms with Gasteiger partial charge in [0, 0.05) is 17.4 Å². The standard InChI is InChI=1S/C13H11IN4O3S/c14-6-2-4-10(8-15)12-17-13(21-18-12)9-3-1-5-11(7-9)22(16,19)20/h1-8,15H,(H2,16,19,20)/b6-2+,10-4+,15-8?. The first-order valence-electron chi connectivity index (χ1n) is 5.90. The van der Waals surface area contributed by atoms with Crippen molar-refractivity contribution in [3.63, 3.8) is 0 Å². The fourth-order valence-electron chi connectivity index (χ4n) is 1.59. The van der Waals surface area contributed by atoms with Crippen molar-refractivity contribution in [2.24, 2.45) is 5.14 Å². The summed E-state index contributed by atoms with van der Waals surface area (Å²) in [5.41, 5.74) is 0.893. The van der Waals surface area contributed by atoms with Crippen LogP contribution in [0.15, 0.2) is 49.9 Å². The number of nitrogens with zero attached hydrogens (tertiary/aromatic N) is 2. The molecule has 0 atom stereocenters. The monoisotopic (exact) mass is 430 g/mol. The molecular weight excluding hydrogens is 419 g/mol. The molecule has 0 spiro atoms. The van der Waals surface area contributed by atoms with Crippen LogP contribution in [0.3, 0.4) is 0 Å². The molecule has 0 amide bonds. The summed E-state index contributed by atoms with van der Waals surface area (Å²) in [6.07, 6.45) is 4.50. The fourth-order valence-corrected chi connectivity index (χ4v) is 2.36. The van der Waals surface area contributed by atoms with Gasteiger partial charge >= 0.3 is 0 Å². The Hall–Kier alpha value is -1.85. The van der Waals surface area contributed by atoms with E-state index in [1.165, 1.54) is 18.2 Å². The van der Waals surface area contributed by atoms with Crippen LogP contribution in [0.5, 0.6) is 0 Å². The molecule has 0 saturated heterocycles. The van der Waals surface area contributed by atoms with E-state index in [4.69, 9.17) is 15.1 Å². The summed E-state index contributed by atoms with van der Waals surface area (Å²) in [5, 5.41) is 16.2. The Labute approximate surface area is 140 Å². The molecular formula is C13H11IN4O3S. The van der Waals surface area contributed by atoms with Crippen LogP contribution in [0.25, 0.3) is 17.0 Å². The average Bonchev–Trinajstić information content (AvgIpc) is 2.97. The van der Waals surface area contributed by atoms with Gasteiger partial charge in [-0.3, -0.25) is 0 Å². The van der Waals surface area contributed by atoms with Gasteiger partial charge in [-0.2, -0.15) is 4.98 Å². The molecule has 7 nitrogen and oxygen atoms in total. The minimum Gasteiger partial charge on any atom is -0.334 e. The van der Waals surface area contributed by atoms with E-state index in [9.17, 15) is 8.42 Å². The molecule has 0 aliphatic heterocycles. The number of allylic oxidation sites excluding steroid dienone is 3. The normalized spacial score (nSPS) is 12.7. The summed E-state index contributed by atoms with van der Waals surface area (Å²) >= 11 is 2.05. The zero-order valence-corrected chi connectivity index (χ0v) is 14.1. The van der Waals surface area contributed by atoms with Gasteiger partial charge in [-0.05, 0) is 28.4 Å². The molecule has 0 unspecified atom stereocenters. The molecule has 9 heteroatoms.